The molecule has 0 aliphatic carbocycles. The van der Waals surface area contributed by atoms with E-state index in [0.29, 0.717) is 12.2 Å². The van der Waals surface area contributed by atoms with E-state index in [2.05, 4.69) is 10.3 Å². The van der Waals surface area contributed by atoms with Crippen molar-refractivity contribution in [1.82, 2.24) is 9.88 Å². The predicted molar refractivity (Wildman–Crippen MR) is 105 cm³/mol. The van der Waals surface area contributed by atoms with Gasteiger partial charge in [-0.2, -0.15) is 0 Å². The summed E-state index contributed by atoms with van der Waals surface area (Å²) in [5.74, 6) is -1.58. The summed E-state index contributed by atoms with van der Waals surface area (Å²) in [6.45, 7) is 4.34. The summed E-state index contributed by atoms with van der Waals surface area (Å²) in [7, 11) is 0. The van der Waals surface area contributed by atoms with E-state index in [1.54, 1.807) is 17.0 Å². The van der Waals surface area contributed by atoms with Crippen molar-refractivity contribution in [3.05, 3.63) is 89.8 Å². The zero-order valence-electron chi connectivity index (χ0n) is 15.7. The Kier molecular flexibility index (Phi) is 5.99. The van der Waals surface area contributed by atoms with Gasteiger partial charge >= 0.3 is 0 Å². The highest BCUT2D eigenvalue weighted by Gasteiger charge is 2.20. The summed E-state index contributed by atoms with van der Waals surface area (Å²) in [4.78, 5) is 18.9. The average molecular weight is 381 g/mol. The van der Waals surface area contributed by atoms with Crippen LogP contribution in [0, 0.1) is 11.6 Å². The number of rotatable bonds is 6. The first kappa shape index (κ1) is 19.5. The Morgan fingerprint density at radius 2 is 1.82 bits per heavy atom. The van der Waals surface area contributed by atoms with Gasteiger partial charge in [-0.1, -0.05) is 30.3 Å². The van der Waals surface area contributed by atoms with Crippen LogP contribution in [-0.4, -0.2) is 21.8 Å². The van der Waals surface area contributed by atoms with Crippen molar-refractivity contribution in [2.45, 2.75) is 26.4 Å². The second kappa shape index (κ2) is 8.61. The van der Waals surface area contributed by atoms with Crippen molar-refractivity contribution in [1.29, 1.82) is 0 Å². The van der Waals surface area contributed by atoms with Gasteiger partial charge in [-0.15, -0.1) is 0 Å². The Bertz CT molecular complexity index is 961. The Morgan fingerprint density at radius 1 is 1.07 bits per heavy atom. The lowest BCUT2D eigenvalue weighted by molar-refractivity contribution is 0.0684. The fourth-order valence-electron chi connectivity index (χ4n) is 2.79. The molecule has 1 N–H and O–H groups in total. The van der Waals surface area contributed by atoms with E-state index >= 15 is 0 Å². The standard InChI is InChI=1S/C22H21F2N3O/c1-15(2)27(14-16-6-4-3-5-7-16)22(28)21-13-18(10-11-25-21)26-20-9-8-17(23)12-19(20)24/h3-13,15H,14H2,1-2H3,(H,25,26). The van der Waals surface area contributed by atoms with E-state index in [0.717, 1.165) is 11.6 Å². The molecule has 28 heavy (non-hydrogen) atoms. The molecule has 3 rings (SSSR count). The van der Waals surface area contributed by atoms with Crippen LogP contribution < -0.4 is 5.32 Å². The number of halogens is 2. The predicted octanol–water partition coefficient (Wildman–Crippen LogP) is 5.15. The minimum absolute atomic E-state index is 0.0272. The molecule has 0 atom stereocenters. The van der Waals surface area contributed by atoms with Crippen LogP contribution in [0.4, 0.5) is 20.2 Å². The van der Waals surface area contributed by atoms with Crippen LogP contribution in [-0.2, 0) is 6.54 Å². The van der Waals surface area contributed by atoms with E-state index in [1.165, 1.54) is 18.3 Å². The van der Waals surface area contributed by atoms with E-state index in [4.69, 9.17) is 0 Å². The highest BCUT2D eigenvalue weighted by Crippen LogP contribution is 2.22. The molecule has 4 nitrogen and oxygen atoms in total. The molecule has 1 amide bonds. The van der Waals surface area contributed by atoms with Crippen LogP contribution in [0.2, 0.25) is 0 Å². The first-order chi connectivity index (χ1) is 13.4. The molecule has 0 radical (unpaired) electrons. The topological polar surface area (TPSA) is 45.2 Å². The van der Waals surface area contributed by atoms with E-state index < -0.39 is 11.6 Å². The van der Waals surface area contributed by atoms with Gasteiger partial charge in [0.1, 0.15) is 17.3 Å². The second-order valence-corrected chi connectivity index (χ2v) is 6.69. The molecular formula is C22H21F2N3O. The van der Waals surface area contributed by atoms with Crippen LogP contribution in [0.5, 0.6) is 0 Å². The van der Waals surface area contributed by atoms with E-state index in [9.17, 15) is 13.6 Å². The fourth-order valence-corrected chi connectivity index (χ4v) is 2.79. The summed E-state index contributed by atoms with van der Waals surface area (Å²) in [5.41, 5.74) is 1.88. The maximum Gasteiger partial charge on any atom is 0.273 e. The lowest BCUT2D eigenvalue weighted by Crippen LogP contribution is -2.36. The molecule has 0 aliphatic heterocycles. The quantitative estimate of drug-likeness (QED) is 0.642. The monoisotopic (exact) mass is 381 g/mol. The summed E-state index contributed by atoms with van der Waals surface area (Å²) < 4.78 is 27.0. The molecule has 0 saturated carbocycles. The fraction of sp³-hybridized carbons (Fsp3) is 0.182. The molecule has 0 aliphatic rings. The highest BCUT2D eigenvalue weighted by molar-refractivity contribution is 5.93. The first-order valence-corrected chi connectivity index (χ1v) is 8.97. The van der Waals surface area contributed by atoms with Crippen molar-refractivity contribution in [2.24, 2.45) is 0 Å². The Morgan fingerprint density at radius 3 is 2.50 bits per heavy atom. The molecule has 0 spiro atoms. The highest BCUT2D eigenvalue weighted by atomic mass is 19.1. The zero-order valence-corrected chi connectivity index (χ0v) is 15.7. The second-order valence-electron chi connectivity index (χ2n) is 6.69. The van der Waals surface area contributed by atoms with Crippen molar-refractivity contribution in [3.63, 3.8) is 0 Å². The van der Waals surface area contributed by atoms with Crippen molar-refractivity contribution in [3.8, 4) is 0 Å². The summed E-state index contributed by atoms with van der Waals surface area (Å²) in [6.07, 6.45) is 1.48. The van der Waals surface area contributed by atoms with Gasteiger partial charge < -0.3 is 10.2 Å². The largest absolute Gasteiger partial charge is 0.353 e. The van der Waals surface area contributed by atoms with Gasteiger partial charge in [0.2, 0.25) is 0 Å². The number of carbonyl (C=O) groups excluding carboxylic acids is 1. The number of hydrogen-bond donors (Lipinski definition) is 1. The van der Waals surface area contributed by atoms with Crippen LogP contribution in [0.3, 0.4) is 0 Å². The van der Waals surface area contributed by atoms with Crippen LogP contribution in [0.1, 0.15) is 29.9 Å². The third kappa shape index (κ3) is 4.71. The maximum absolute atomic E-state index is 13.9. The number of hydrogen-bond acceptors (Lipinski definition) is 3. The lowest BCUT2D eigenvalue weighted by Gasteiger charge is -2.26. The minimum atomic E-state index is -0.711. The molecule has 1 heterocycles. The Hall–Kier alpha value is -3.28. The molecule has 0 bridgehead atoms. The van der Waals surface area contributed by atoms with Crippen molar-refractivity contribution < 1.29 is 13.6 Å². The van der Waals surface area contributed by atoms with Gasteiger partial charge in [-0.3, -0.25) is 9.78 Å². The van der Waals surface area contributed by atoms with Crippen LogP contribution >= 0.6 is 0 Å². The summed E-state index contributed by atoms with van der Waals surface area (Å²) >= 11 is 0. The van der Waals surface area contributed by atoms with Gasteiger partial charge in [-0.05, 0) is 43.7 Å². The number of anilines is 2. The lowest BCUT2D eigenvalue weighted by atomic mass is 10.1. The molecule has 144 valence electrons. The molecule has 2 aromatic carbocycles. The number of aromatic nitrogens is 1. The molecule has 6 heteroatoms. The molecule has 0 unspecified atom stereocenters. The number of nitrogens with zero attached hydrogens (tertiary/aromatic N) is 2. The van der Waals surface area contributed by atoms with Crippen molar-refractivity contribution >= 4 is 17.3 Å². The summed E-state index contributed by atoms with van der Waals surface area (Å²) in [5, 5.41) is 2.86. The number of amides is 1. The molecule has 0 fully saturated rings. The number of benzene rings is 2. The van der Waals surface area contributed by atoms with Gasteiger partial charge in [0.15, 0.2) is 0 Å². The number of carbonyl (C=O) groups is 1. The van der Waals surface area contributed by atoms with Crippen molar-refractivity contribution in [2.75, 3.05) is 5.32 Å². The Balaban J connectivity index is 1.81. The molecule has 1 aromatic heterocycles. The van der Waals surface area contributed by atoms with E-state index in [1.807, 2.05) is 44.2 Å². The normalized spacial score (nSPS) is 10.8. The number of nitrogens with one attached hydrogen (secondary N) is 1. The van der Waals surface area contributed by atoms with Crippen LogP contribution in [0.25, 0.3) is 0 Å². The number of pyridine rings is 1. The smallest absolute Gasteiger partial charge is 0.273 e. The maximum atomic E-state index is 13.9. The zero-order chi connectivity index (χ0) is 20.1. The van der Waals surface area contributed by atoms with Gasteiger partial charge in [0.25, 0.3) is 5.91 Å². The Labute approximate surface area is 162 Å². The van der Waals surface area contributed by atoms with Gasteiger partial charge in [0.05, 0.1) is 5.69 Å². The summed E-state index contributed by atoms with van der Waals surface area (Å²) in [6, 6.07) is 16.1. The molecular weight excluding hydrogens is 360 g/mol. The molecule has 3 aromatic rings. The van der Waals surface area contributed by atoms with Gasteiger partial charge in [-0.25, -0.2) is 8.78 Å². The average Bonchev–Trinajstić information content (AvgIpc) is 2.68. The van der Waals surface area contributed by atoms with E-state index in [-0.39, 0.29) is 23.3 Å². The molecule has 0 saturated heterocycles. The third-order valence-electron chi connectivity index (χ3n) is 4.27. The van der Waals surface area contributed by atoms with Gasteiger partial charge in [0, 0.05) is 30.5 Å². The van der Waals surface area contributed by atoms with Crippen LogP contribution in [0.15, 0.2) is 66.9 Å². The first-order valence-electron chi connectivity index (χ1n) is 8.97. The minimum Gasteiger partial charge on any atom is -0.353 e. The third-order valence-corrected chi connectivity index (χ3v) is 4.27. The SMILES string of the molecule is CC(C)N(Cc1ccccc1)C(=O)c1cc(Nc2ccc(F)cc2F)ccn1.